The molecular weight excluding hydrogens is 929 g/mol. The van der Waals surface area contributed by atoms with Crippen molar-refractivity contribution in [2.24, 2.45) is 0 Å². The van der Waals surface area contributed by atoms with Crippen LogP contribution in [0.15, 0.2) is 53.3 Å². The fourth-order valence-corrected chi connectivity index (χ4v) is 6.59. The highest BCUT2D eigenvalue weighted by atomic mass is 31.2. The number of halogens is 6. The third kappa shape index (κ3) is 17.5. The summed E-state index contributed by atoms with van der Waals surface area (Å²) in [4.78, 5) is 34.5. The number of ether oxygens (including phenoxy) is 2. The predicted molar refractivity (Wildman–Crippen MR) is 216 cm³/mol. The first kappa shape index (κ1) is 58.6. The number of hydrogen-bond donors (Lipinski definition) is 15. The lowest BCUT2D eigenvalue weighted by atomic mass is 10.0. The van der Waals surface area contributed by atoms with Gasteiger partial charge in [0, 0.05) is 19.6 Å². The summed E-state index contributed by atoms with van der Waals surface area (Å²) in [5.41, 5.74) is -3.89. The van der Waals surface area contributed by atoms with Gasteiger partial charge in [0.15, 0.2) is 6.29 Å². The Balaban J connectivity index is 0.000000470. The number of nitrogens with zero attached hydrogens (tertiary/aromatic N) is 3. The van der Waals surface area contributed by atoms with Crippen LogP contribution in [0.4, 0.5) is 26.3 Å². The summed E-state index contributed by atoms with van der Waals surface area (Å²) in [6.07, 6.45) is -23.8. The van der Waals surface area contributed by atoms with Gasteiger partial charge in [0.1, 0.15) is 42.4 Å². The quantitative estimate of drug-likeness (QED) is 0.0436. The molecule has 1 aliphatic rings. The van der Waals surface area contributed by atoms with E-state index in [1.807, 2.05) is 0 Å². The van der Waals surface area contributed by atoms with Gasteiger partial charge >= 0.3 is 25.8 Å². The Morgan fingerprint density at radius 1 is 0.803 bits per heavy atom. The van der Waals surface area contributed by atoms with E-state index in [1.54, 1.807) is 49.3 Å². The van der Waals surface area contributed by atoms with Crippen LogP contribution in [-0.4, -0.2) is 189 Å². The van der Waals surface area contributed by atoms with Gasteiger partial charge in [-0.1, -0.05) is 30.3 Å². The summed E-state index contributed by atoms with van der Waals surface area (Å²) < 4.78 is 103. The molecule has 0 radical (unpaired) electrons. The predicted octanol–water partition coefficient (Wildman–Crippen LogP) is -2.49. The number of aliphatic hydroxyl groups is 10. The molecule has 1 aliphatic heterocycles. The van der Waals surface area contributed by atoms with Gasteiger partial charge in [-0.05, 0) is 50.3 Å². The van der Waals surface area contributed by atoms with Crippen LogP contribution in [0.2, 0.25) is 0 Å². The van der Waals surface area contributed by atoms with Gasteiger partial charge in [-0.3, -0.25) is 9.88 Å². The van der Waals surface area contributed by atoms with Crippen molar-refractivity contribution in [3.8, 4) is 0 Å². The summed E-state index contributed by atoms with van der Waals surface area (Å²) >= 11 is 0. The van der Waals surface area contributed by atoms with Gasteiger partial charge in [0.25, 0.3) is 0 Å². The first-order chi connectivity index (χ1) is 30.6. The number of aromatic amines is 1. The Kier molecular flexibility index (Phi) is 23.4. The molecule has 1 fully saturated rings. The lowest BCUT2D eigenvalue weighted by Crippen LogP contribution is -2.48. The summed E-state index contributed by atoms with van der Waals surface area (Å²) in [5, 5.41) is 98.6. The van der Waals surface area contributed by atoms with E-state index in [9.17, 15) is 55.7 Å². The Hall–Kier alpha value is -3.49. The first-order valence-corrected chi connectivity index (χ1v) is 21.2. The SMILES string of the molecule is CNC[C@H](O)[C@@H](O)[C@H](O)[C@H](O)CO.CNC[C@H](O)[C@@H](O)[C@H](O)[C@H](O)CO.C[C@H](O[C@@H]1OCCN(Cc2nn(P(=O)(O)O)c(=O)[nH]2)[C@H]1c1ccccc1)c1cc(C(F)(F)F)cc(C(F)(F)F)c1. The largest absolute Gasteiger partial charge is 0.454 e. The number of aliphatic hydroxyl groups excluding tert-OH is 10. The van der Waals surface area contributed by atoms with E-state index in [1.165, 1.54) is 6.92 Å². The van der Waals surface area contributed by atoms with Crippen LogP contribution in [0.5, 0.6) is 0 Å². The van der Waals surface area contributed by atoms with Crippen molar-refractivity contribution in [3.05, 3.63) is 87.1 Å². The molecule has 378 valence electrons. The molecule has 0 saturated carbocycles. The monoisotopic (exact) mass is 986 g/mol. The van der Waals surface area contributed by atoms with Gasteiger partial charge < -0.3 is 81.0 Å². The maximum atomic E-state index is 13.4. The molecule has 3 aromatic rings. The molecule has 15 N–H and O–H groups in total. The standard InChI is InChI=1S/C23H23F6N4O6P.2C7H17NO5/c1-13(15-9-16(22(24,25)26)11-17(10-15)23(27,28)29)39-20-19(14-5-3-2-4-6-14)32(7-8-38-20)12-18-30-21(34)33(31-18)40(35,36)37;2*1-8-2-4(10)6(12)7(13)5(11)3-9/h2-6,9-11,13,19-20H,7-8,12H2,1H3,(H,30,31,34)(H2,35,36,37);2*4-13H,2-3H2,1H3/t13-,19-,20-;2*4-,5+,6+,7+/m000/s1. The minimum absolute atomic E-state index is 0.00222. The van der Waals surface area contributed by atoms with E-state index < -0.39 is 117 Å². The second-order valence-electron chi connectivity index (χ2n) is 14.7. The van der Waals surface area contributed by atoms with E-state index in [0.29, 0.717) is 17.7 Å². The highest BCUT2D eigenvalue weighted by Gasteiger charge is 2.40. The number of likely N-dealkylation sites (N-methyl/N-ethyl adjacent to an activating group) is 2. The molecular formula is C37H57F6N6O16P. The van der Waals surface area contributed by atoms with E-state index in [4.69, 9.17) is 50.3 Å². The Labute approximate surface area is 372 Å². The number of nitrogens with one attached hydrogen (secondary N) is 3. The zero-order valence-electron chi connectivity index (χ0n) is 35.5. The number of morpholine rings is 1. The fourth-order valence-electron chi connectivity index (χ4n) is 6.08. The van der Waals surface area contributed by atoms with Gasteiger partial charge in [0.2, 0.25) is 0 Å². The highest BCUT2D eigenvalue weighted by Crippen LogP contribution is 2.40. The van der Waals surface area contributed by atoms with Crippen LogP contribution in [0.25, 0.3) is 0 Å². The fraction of sp³-hybridized carbons (Fsp3) is 0.622. The van der Waals surface area contributed by atoms with E-state index >= 15 is 0 Å². The lowest BCUT2D eigenvalue weighted by molar-refractivity contribution is -0.231. The number of hydrogen-bond acceptors (Lipinski definition) is 18. The highest BCUT2D eigenvalue weighted by molar-refractivity contribution is 7.49. The number of alkyl halides is 6. The molecule has 4 rings (SSSR count). The average molecular weight is 987 g/mol. The van der Waals surface area contributed by atoms with Gasteiger partial charge in [-0.25, -0.2) is 9.36 Å². The number of H-pyrrole nitrogens is 1. The van der Waals surface area contributed by atoms with Crippen LogP contribution in [-0.2, 0) is 32.9 Å². The number of aromatic nitrogens is 3. The van der Waals surface area contributed by atoms with Gasteiger partial charge in [-0.2, -0.15) is 26.3 Å². The van der Waals surface area contributed by atoms with Crippen LogP contribution in [0.1, 0.15) is 47.1 Å². The first-order valence-electron chi connectivity index (χ1n) is 19.7. The van der Waals surface area contributed by atoms with Crippen molar-refractivity contribution >= 4 is 7.75 Å². The minimum Gasteiger partial charge on any atom is -0.394 e. The Morgan fingerprint density at radius 3 is 1.65 bits per heavy atom. The van der Waals surface area contributed by atoms with E-state index in [0.717, 1.165) is 0 Å². The summed E-state index contributed by atoms with van der Waals surface area (Å²) in [5.74, 6) is -0.101. The maximum Gasteiger partial charge on any atom is 0.454 e. The van der Waals surface area contributed by atoms with Crippen LogP contribution in [0.3, 0.4) is 0 Å². The molecule has 1 saturated heterocycles. The molecule has 2 heterocycles. The molecule has 0 amide bonds. The normalized spacial score (nSPS) is 20.3. The van der Waals surface area contributed by atoms with Crippen molar-refractivity contribution in [2.75, 3.05) is 53.6 Å². The third-order valence-electron chi connectivity index (χ3n) is 9.60. The molecule has 0 bridgehead atoms. The van der Waals surface area contributed by atoms with Crippen molar-refractivity contribution in [3.63, 3.8) is 0 Å². The molecule has 1 aromatic heterocycles. The van der Waals surface area contributed by atoms with E-state index in [2.05, 4.69) is 20.7 Å². The molecule has 0 spiro atoms. The van der Waals surface area contributed by atoms with Gasteiger partial charge in [-0.15, -0.1) is 9.55 Å². The summed E-state index contributed by atoms with van der Waals surface area (Å²) in [6.45, 7) is 0.225. The van der Waals surface area contributed by atoms with E-state index in [-0.39, 0.29) is 54.7 Å². The topological polar surface area (TPSA) is 356 Å². The van der Waals surface area contributed by atoms with Crippen LogP contribution >= 0.6 is 7.75 Å². The second kappa shape index (κ2) is 26.3. The molecule has 0 aliphatic carbocycles. The van der Waals surface area contributed by atoms with Crippen molar-refractivity contribution in [1.29, 1.82) is 0 Å². The number of benzene rings is 2. The van der Waals surface area contributed by atoms with Crippen molar-refractivity contribution < 1.29 is 101 Å². The Morgan fingerprint density at radius 2 is 1.26 bits per heavy atom. The number of rotatable bonds is 19. The van der Waals surface area contributed by atoms with Gasteiger partial charge in [0.05, 0.1) is 61.8 Å². The summed E-state index contributed by atoms with van der Waals surface area (Å²) in [6, 6.07) is 8.87. The molecule has 11 atom stereocenters. The zero-order valence-corrected chi connectivity index (χ0v) is 36.4. The molecule has 0 unspecified atom stereocenters. The molecule has 22 nitrogen and oxygen atoms in total. The van der Waals surface area contributed by atoms with Crippen LogP contribution in [0, 0.1) is 0 Å². The summed E-state index contributed by atoms with van der Waals surface area (Å²) in [7, 11) is -1.88. The third-order valence-corrected chi connectivity index (χ3v) is 10.4. The smallest absolute Gasteiger partial charge is 0.394 e. The van der Waals surface area contributed by atoms with Crippen LogP contribution < -0.4 is 16.3 Å². The average Bonchev–Trinajstić information content (AvgIpc) is 3.65. The zero-order chi connectivity index (χ0) is 50.3. The second-order valence-corrected chi connectivity index (χ2v) is 16.1. The molecule has 2 aromatic carbocycles. The maximum absolute atomic E-state index is 13.4. The lowest BCUT2D eigenvalue weighted by Gasteiger charge is -2.41. The van der Waals surface area contributed by atoms with Crippen molar-refractivity contribution in [2.45, 2.75) is 93.1 Å². The molecule has 66 heavy (non-hydrogen) atoms. The Bertz CT molecular complexity index is 1920. The van der Waals surface area contributed by atoms with Crippen molar-refractivity contribution in [1.82, 2.24) is 30.1 Å². The minimum atomic E-state index is -5.03. The molecule has 29 heteroatoms.